The molecular formula is C22H27BrN2O3S. The van der Waals surface area contributed by atoms with Gasteiger partial charge >= 0.3 is 0 Å². The highest BCUT2D eigenvalue weighted by Crippen LogP contribution is 2.29. The van der Waals surface area contributed by atoms with Crippen LogP contribution >= 0.6 is 15.9 Å². The number of carbonyl (C=O) groups excluding carboxylic acids is 1. The SMILES string of the molecule is Cc1cc(Br)cc(C)c1NC(=O)CN(C1CCCCC1)S(=O)(=O)c1ccccc1. The van der Waals surface area contributed by atoms with Gasteiger partial charge in [0, 0.05) is 16.2 Å². The summed E-state index contributed by atoms with van der Waals surface area (Å²) in [5, 5.41) is 2.93. The summed E-state index contributed by atoms with van der Waals surface area (Å²) in [6.07, 6.45) is 4.65. The van der Waals surface area contributed by atoms with Gasteiger partial charge < -0.3 is 5.32 Å². The lowest BCUT2D eigenvalue weighted by molar-refractivity contribution is -0.116. The van der Waals surface area contributed by atoms with Crippen LogP contribution in [0.4, 0.5) is 5.69 Å². The topological polar surface area (TPSA) is 66.5 Å². The Morgan fingerprint density at radius 2 is 1.66 bits per heavy atom. The number of rotatable bonds is 6. The monoisotopic (exact) mass is 478 g/mol. The molecule has 0 spiro atoms. The molecule has 3 rings (SSSR count). The van der Waals surface area contributed by atoms with Crippen LogP contribution in [0.25, 0.3) is 0 Å². The minimum absolute atomic E-state index is 0.146. The number of amides is 1. The summed E-state index contributed by atoms with van der Waals surface area (Å²) in [7, 11) is -3.75. The molecule has 2 aromatic carbocycles. The molecule has 1 aliphatic rings. The number of halogens is 1. The molecule has 1 fully saturated rings. The normalized spacial score (nSPS) is 15.4. The number of hydrogen-bond donors (Lipinski definition) is 1. The fourth-order valence-corrected chi connectivity index (χ4v) is 6.28. The molecule has 0 aromatic heterocycles. The zero-order valence-corrected chi connectivity index (χ0v) is 19.2. The molecule has 5 nitrogen and oxygen atoms in total. The summed E-state index contributed by atoms with van der Waals surface area (Å²) in [5.41, 5.74) is 2.60. The lowest BCUT2D eigenvalue weighted by atomic mass is 9.95. The van der Waals surface area contributed by atoms with Gasteiger partial charge in [-0.25, -0.2) is 8.42 Å². The van der Waals surface area contributed by atoms with Gasteiger partial charge in [0.2, 0.25) is 15.9 Å². The molecule has 1 N–H and O–H groups in total. The summed E-state index contributed by atoms with van der Waals surface area (Å²) in [6, 6.07) is 12.1. The molecule has 1 saturated carbocycles. The van der Waals surface area contributed by atoms with Crippen molar-refractivity contribution < 1.29 is 13.2 Å². The van der Waals surface area contributed by atoms with E-state index >= 15 is 0 Å². The first-order chi connectivity index (χ1) is 13.8. The molecular weight excluding hydrogens is 452 g/mol. The van der Waals surface area contributed by atoms with Crippen LogP contribution in [0.15, 0.2) is 51.8 Å². The zero-order chi connectivity index (χ0) is 21.0. The molecule has 0 aliphatic heterocycles. The lowest BCUT2D eigenvalue weighted by Gasteiger charge is -2.33. The molecule has 29 heavy (non-hydrogen) atoms. The first kappa shape index (κ1) is 22.0. The van der Waals surface area contributed by atoms with Gasteiger partial charge in [-0.1, -0.05) is 53.4 Å². The fourth-order valence-electron chi connectivity index (χ4n) is 3.94. The highest BCUT2D eigenvalue weighted by molar-refractivity contribution is 9.10. The van der Waals surface area contributed by atoms with Crippen LogP contribution in [-0.2, 0) is 14.8 Å². The van der Waals surface area contributed by atoms with E-state index in [2.05, 4.69) is 21.2 Å². The van der Waals surface area contributed by atoms with Crippen molar-refractivity contribution in [3.05, 3.63) is 58.1 Å². The number of anilines is 1. The Morgan fingerprint density at radius 1 is 1.07 bits per heavy atom. The second-order valence-electron chi connectivity index (χ2n) is 7.62. The molecule has 1 amide bonds. The summed E-state index contributed by atoms with van der Waals surface area (Å²) in [5.74, 6) is -0.316. The van der Waals surface area contributed by atoms with Gasteiger partial charge in [-0.2, -0.15) is 4.31 Å². The van der Waals surface area contributed by atoms with E-state index in [0.717, 1.165) is 53.4 Å². The average Bonchev–Trinajstić information content (AvgIpc) is 2.70. The third-order valence-corrected chi connectivity index (χ3v) is 7.76. The molecule has 156 valence electrons. The minimum atomic E-state index is -3.75. The van der Waals surface area contributed by atoms with E-state index in [1.807, 2.05) is 26.0 Å². The lowest BCUT2D eigenvalue weighted by Crippen LogP contribution is -2.45. The minimum Gasteiger partial charge on any atom is -0.324 e. The van der Waals surface area contributed by atoms with Crippen LogP contribution in [0, 0.1) is 13.8 Å². The van der Waals surface area contributed by atoms with Crippen molar-refractivity contribution in [2.45, 2.75) is 56.9 Å². The second-order valence-corrected chi connectivity index (χ2v) is 10.4. The summed E-state index contributed by atoms with van der Waals surface area (Å²) >= 11 is 3.46. The van der Waals surface area contributed by atoms with Gasteiger partial charge in [-0.15, -0.1) is 0 Å². The Kier molecular flexibility index (Phi) is 7.14. The van der Waals surface area contributed by atoms with Crippen LogP contribution in [0.5, 0.6) is 0 Å². The van der Waals surface area contributed by atoms with E-state index < -0.39 is 10.0 Å². The van der Waals surface area contributed by atoms with Crippen molar-refractivity contribution in [3.8, 4) is 0 Å². The summed E-state index contributed by atoms with van der Waals surface area (Å²) in [4.78, 5) is 13.1. The fraction of sp³-hybridized carbons (Fsp3) is 0.409. The van der Waals surface area contributed by atoms with Crippen molar-refractivity contribution in [3.63, 3.8) is 0 Å². The quantitative estimate of drug-likeness (QED) is 0.632. The maximum absolute atomic E-state index is 13.3. The first-order valence-electron chi connectivity index (χ1n) is 9.92. The zero-order valence-electron chi connectivity index (χ0n) is 16.8. The Morgan fingerprint density at radius 3 is 2.24 bits per heavy atom. The van der Waals surface area contributed by atoms with Gasteiger partial charge in [-0.3, -0.25) is 4.79 Å². The van der Waals surface area contributed by atoms with Crippen LogP contribution < -0.4 is 5.32 Å². The van der Waals surface area contributed by atoms with E-state index in [1.54, 1.807) is 30.3 Å². The Hall–Kier alpha value is -1.70. The number of carbonyl (C=O) groups is 1. The standard InChI is InChI=1S/C22H27BrN2O3S/c1-16-13-18(23)14-17(2)22(16)24-21(26)15-25(19-9-5-3-6-10-19)29(27,28)20-11-7-4-8-12-20/h4,7-8,11-14,19H,3,5-6,9-10,15H2,1-2H3,(H,24,26). The number of nitrogens with one attached hydrogen (secondary N) is 1. The van der Waals surface area contributed by atoms with E-state index in [0.29, 0.717) is 0 Å². The number of hydrogen-bond acceptors (Lipinski definition) is 3. The highest BCUT2D eigenvalue weighted by atomic mass is 79.9. The third-order valence-electron chi connectivity index (χ3n) is 5.39. The Balaban J connectivity index is 1.86. The van der Waals surface area contributed by atoms with Gasteiger partial charge in [-0.05, 0) is 62.1 Å². The largest absolute Gasteiger partial charge is 0.324 e. The maximum atomic E-state index is 13.3. The van der Waals surface area contributed by atoms with Gasteiger partial charge in [0.05, 0.1) is 11.4 Å². The summed E-state index contributed by atoms with van der Waals surface area (Å²) in [6.45, 7) is 3.66. The molecule has 7 heteroatoms. The number of benzene rings is 2. The molecule has 0 atom stereocenters. The van der Waals surface area contributed by atoms with Crippen molar-refractivity contribution in [2.75, 3.05) is 11.9 Å². The molecule has 0 radical (unpaired) electrons. The van der Waals surface area contributed by atoms with E-state index in [9.17, 15) is 13.2 Å². The maximum Gasteiger partial charge on any atom is 0.243 e. The Labute approximate surface area is 181 Å². The molecule has 1 aliphatic carbocycles. The number of sulfonamides is 1. The predicted octanol–water partition coefficient (Wildman–Crippen LogP) is 5.03. The molecule has 0 heterocycles. The van der Waals surface area contributed by atoms with Crippen molar-refractivity contribution in [1.29, 1.82) is 0 Å². The van der Waals surface area contributed by atoms with Gasteiger partial charge in [0.1, 0.15) is 0 Å². The molecule has 0 bridgehead atoms. The molecule has 2 aromatic rings. The van der Waals surface area contributed by atoms with Gasteiger partial charge in [0.25, 0.3) is 0 Å². The molecule has 0 unspecified atom stereocenters. The average molecular weight is 479 g/mol. The highest BCUT2D eigenvalue weighted by Gasteiger charge is 2.34. The van der Waals surface area contributed by atoms with Crippen LogP contribution in [-0.4, -0.2) is 31.2 Å². The van der Waals surface area contributed by atoms with Crippen molar-refractivity contribution in [2.24, 2.45) is 0 Å². The second kappa shape index (κ2) is 9.41. The van der Waals surface area contributed by atoms with Crippen molar-refractivity contribution >= 4 is 37.5 Å². The number of nitrogens with zero attached hydrogens (tertiary/aromatic N) is 1. The number of aryl methyl sites for hydroxylation is 2. The smallest absolute Gasteiger partial charge is 0.243 e. The van der Waals surface area contributed by atoms with Crippen molar-refractivity contribution in [1.82, 2.24) is 4.31 Å². The molecule has 0 saturated heterocycles. The van der Waals surface area contributed by atoms with E-state index in [-0.39, 0.29) is 23.4 Å². The van der Waals surface area contributed by atoms with Crippen LogP contribution in [0.2, 0.25) is 0 Å². The first-order valence-corrected chi connectivity index (χ1v) is 12.2. The van der Waals surface area contributed by atoms with Crippen LogP contribution in [0.3, 0.4) is 0 Å². The Bertz CT molecular complexity index is 948. The summed E-state index contributed by atoms with van der Waals surface area (Å²) < 4.78 is 29.0. The van der Waals surface area contributed by atoms with E-state index in [1.165, 1.54) is 4.31 Å². The van der Waals surface area contributed by atoms with Crippen LogP contribution in [0.1, 0.15) is 43.2 Å². The van der Waals surface area contributed by atoms with Gasteiger partial charge in [0.15, 0.2) is 0 Å². The third kappa shape index (κ3) is 5.27. The van der Waals surface area contributed by atoms with E-state index in [4.69, 9.17) is 0 Å². The predicted molar refractivity (Wildman–Crippen MR) is 119 cm³/mol.